The van der Waals surface area contributed by atoms with Crippen LogP contribution in [0.1, 0.15) is 0 Å². The van der Waals surface area contributed by atoms with Crippen LogP contribution in [0.3, 0.4) is 0 Å². The lowest BCUT2D eigenvalue weighted by molar-refractivity contribution is -0.0498. The van der Waals surface area contributed by atoms with Crippen LogP contribution in [0.2, 0.25) is 0 Å². The van der Waals surface area contributed by atoms with Gasteiger partial charge in [-0.15, -0.1) is 0 Å². The Hall–Kier alpha value is -2.98. The van der Waals surface area contributed by atoms with E-state index in [-0.39, 0.29) is 10.3 Å². The summed E-state index contributed by atoms with van der Waals surface area (Å²) in [6, 6.07) is 6.11. The van der Waals surface area contributed by atoms with E-state index in [9.17, 15) is 8.78 Å². The van der Waals surface area contributed by atoms with E-state index in [0.717, 1.165) is 5.00 Å². The molecule has 1 aromatic heterocycles. The fourth-order valence-corrected chi connectivity index (χ4v) is 3.10. The maximum absolute atomic E-state index is 12.2. The SMILES string of the molecule is FC(F)Oc1ccc(NC2=N[N+]3(c4cncs4)C=CN=CC3=N2)cc1. The highest BCUT2D eigenvalue weighted by Gasteiger charge is 2.43. The first-order valence-electron chi connectivity index (χ1n) is 7.16. The molecular formula is C15H11F2N6OS+. The number of fused-ring (bicyclic) bond motifs is 1. The van der Waals surface area contributed by atoms with Gasteiger partial charge in [-0.25, -0.2) is 4.98 Å². The normalized spacial score (nSPS) is 21.1. The van der Waals surface area contributed by atoms with Crippen molar-refractivity contribution in [3.63, 3.8) is 0 Å². The zero-order valence-corrected chi connectivity index (χ0v) is 13.4. The fraction of sp³-hybridized carbons (Fsp3) is 0.0667. The first kappa shape index (κ1) is 15.5. The van der Waals surface area contributed by atoms with Crippen LogP contribution in [-0.2, 0) is 0 Å². The molecule has 2 aliphatic heterocycles. The number of hydrogen-bond donors (Lipinski definition) is 1. The first-order chi connectivity index (χ1) is 12.2. The van der Waals surface area contributed by atoms with Gasteiger partial charge in [-0.3, -0.25) is 4.99 Å². The van der Waals surface area contributed by atoms with Gasteiger partial charge in [-0.1, -0.05) is 15.9 Å². The van der Waals surface area contributed by atoms with Gasteiger partial charge in [-0.2, -0.15) is 13.8 Å². The van der Waals surface area contributed by atoms with Crippen molar-refractivity contribution in [2.24, 2.45) is 15.1 Å². The number of benzene rings is 1. The van der Waals surface area contributed by atoms with Crippen LogP contribution in [0, 0.1) is 0 Å². The van der Waals surface area contributed by atoms with Crippen molar-refractivity contribution in [2.75, 3.05) is 5.32 Å². The van der Waals surface area contributed by atoms with Crippen LogP contribution in [0.25, 0.3) is 0 Å². The Bertz CT molecular complexity index is 891. The van der Waals surface area contributed by atoms with E-state index in [4.69, 9.17) is 0 Å². The van der Waals surface area contributed by atoms with Gasteiger partial charge in [0.15, 0.2) is 6.20 Å². The lowest BCUT2D eigenvalue weighted by Gasteiger charge is -2.21. The van der Waals surface area contributed by atoms with Gasteiger partial charge >= 0.3 is 6.61 Å². The molecule has 126 valence electrons. The molecule has 1 unspecified atom stereocenters. The van der Waals surface area contributed by atoms with Crippen molar-refractivity contribution < 1.29 is 13.5 Å². The van der Waals surface area contributed by atoms with Gasteiger partial charge < -0.3 is 10.1 Å². The van der Waals surface area contributed by atoms with E-state index in [0.29, 0.717) is 17.5 Å². The lowest BCUT2D eigenvalue weighted by atomic mass is 10.3. The standard InChI is InChI=1S/C15H11F2N6OS/c16-14(17)24-11-3-1-10(2-4-11)20-15-21-12-7-18-5-6-23(12,22-15)13-8-19-9-25-13/h1-9,14H,(H,20,22)/q+1. The average molecular weight is 361 g/mol. The number of alkyl halides is 2. The Morgan fingerprint density at radius 1 is 1.20 bits per heavy atom. The summed E-state index contributed by atoms with van der Waals surface area (Å²) in [5.74, 6) is 1.09. The monoisotopic (exact) mass is 361 g/mol. The Morgan fingerprint density at radius 2 is 2.04 bits per heavy atom. The molecule has 0 fully saturated rings. The second-order valence-electron chi connectivity index (χ2n) is 5.02. The highest BCUT2D eigenvalue weighted by Crippen LogP contribution is 2.33. The van der Waals surface area contributed by atoms with Crippen LogP contribution < -0.4 is 14.6 Å². The molecule has 0 bridgehead atoms. The van der Waals surface area contributed by atoms with Crippen LogP contribution in [0.5, 0.6) is 5.75 Å². The summed E-state index contributed by atoms with van der Waals surface area (Å²) in [5, 5.41) is 8.56. The van der Waals surface area contributed by atoms with Crippen LogP contribution in [-0.4, -0.2) is 29.6 Å². The molecule has 0 aliphatic carbocycles. The summed E-state index contributed by atoms with van der Waals surface area (Å²) in [4.78, 5) is 12.7. The molecule has 7 nitrogen and oxygen atoms in total. The number of anilines is 1. The number of nitrogens with one attached hydrogen (secondary N) is 1. The van der Waals surface area contributed by atoms with Crippen molar-refractivity contribution in [2.45, 2.75) is 6.61 Å². The van der Waals surface area contributed by atoms with Crippen molar-refractivity contribution in [1.29, 1.82) is 0 Å². The molecular weight excluding hydrogens is 350 g/mol. The molecule has 10 heteroatoms. The van der Waals surface area contributed by atoms with Crippen molar-refractivity contribution in [1.82, 2.24) is 9.58 Å². The molecule has 25 heavy (non-hydrogen) atoms. The molecule has 4 rings (SSSR count). The minimum absolute atomic E-state index is 0.0586. The smallest absolute Gasteiger partial charge is 0.387 e. The fourth-order valence-electron chi connectivity index (χ4n) is 2.39. The number of halogens is 2. The number of hydrogen-bond acceptors (Lipinski definition) is 7. The van der Waals surface area contributed by atoms with E-state index >= 15 is 0 Å². The summed E-state index contributed by atoms with van der Waals surface area (Å²) in [5.41, 5.74) is 2.37. The minimum Gasteiger partial charge on any atom is -0.435 e. The maximum Gasteiger partial charge on any atom is 0.387 e. The third kappa shape index (κ3) is 2.92. The van der Waals surface area contributed by atoms with Crippen molar-refractivity contribution in [3.8, 4) is 5.75 Å². The minimum atomic E-state index is -2.85. The zero-order chi connectivity index (χ0) is 17.3. The molecule has 0 saturated heterocycles. The Kier molecular flexibility index (Phi) is 3.82. The molecule has 2 aromatic rings. The van der Waals surface area contributed by atoms with Crippen LogP contribution in [0.15, 0.2) is 63.5 Å². The van der Waals surface area contributed by atoms with Gasteiger partial charge in [0, 0.05) is 5.69 Å². The van der Waals surface area contributed by atoms with Crippen molar-refractivity contribution >= 4 is 40.0 Å². The van der Waals surface area contributed by atoms with Crippen LogP contribution >= 0.6 is 11.3 Å². The molecule has 1 aromatic carbocycles. The third-order valence-electron chi connectivity index (χ3n) is 3.47. The molecule has 0 spiro atoms. The van der Waals surface area contributed by atoms with E-state index in [1.807, 2.05) is 0 Å². The lowest BCUT2D eigenvalue weighted by Crippen LogP contribution is -2.43. The molecule has 0 radical (unpaired) electrons. The number of rotatable bonds is 4. The van der Waals surface area contributed by atoms with Gasteiger partial charge in [0.05, 0.1) is 11.7 Å². The van der Waals surface area contributed by atoms with Crippen LogP contribution in [0.4, 0.5) is 19.5 Å². The summed E-state index contributed by atoms with van der Waals surface area (Å²) < 4.78 is 28.8. The number of thiazole rings is 1. The number of nitrogens with zero attached hydrogens (tertiary/aromatic N) is 5. The average Bonchev–Trinajstić information content (AvgIpc) is 3.23. The molecule has 1 atom stereocenters. The van der Waals surface area contributed by atoms with Gasteiger partial charge in [0.1, 0.15) is 18.2 Å². The first-order valence-corrected chi connectivity index (χ1v) is 8.04. The summed E-state index contributed by atoms with van der Waals surface area (Å²) in [7, 11) is 0. The van der Waals surface area contributed by atoms with Crippen molar-refractivity contribution in [3.05, 3.63) is 48.4 Å². The van der Waals surface area contributed by atoms with E-state index < -0.39 is 6.61 Å². The molecule has 2 aliphatic rings. The van der Waals surface area contributed by atoms with E-state index in [1.54, 1.807) is 42.5 Å². The largest absolute Gasteiger partial charge is 0.435 e. The zero-order valence-electron chi connectivity index (χ0n) is 12.6. The predicted octanol–water partition coefficient (Wildman–Crippen LogP) is 3.40. The topological polar surface area (TPSA) is 71.2 Å². The maximum atomic E-state index is 12.2. The summed E-state index contributed by atoms with van der Waals surface area (Å²) in [6.07, 6.45) is 6.83. The number of guanidine groups is 1. The number of ether oxygens (including phenoxy) is 1. The Balaban J connectivity index is 1.59. The number of aromatic nitrogens is 1. The molecule has 0 saturated carbocycles. The second-order valence-corrected chi connectivity index (χ2v) is 5.89. The predicted molar refractivity (Wildman–Crippen MR) is 93.1 cm³/mol. The molecule has 3 heterocycles. The highest BCUT2D eigenvalue weighted by molar-refractivity contribution is 7.13. The Morgan fingerprint density at radius 3 is 2.76 bits per heavy atom. The van der Waals surface area contributed by atoms with Gasteiger partial charge in [-0.05, 0) is 29.4 Å². The number of aliphatic imine (C=N–C) groups is 2. The summed E-state index contributed by atoms with van der Waals surface area (Å²) in [6.45, 7) is -2.85. The Labute approximate surface area is 144 Å². The van der Waals surface area contributed by atoms with Gasteiger partial charge in [0.2, 0.25) is 5.00 Å². The quantitative estimate of drug-likeness (QED) is 0.849. The van der Waals surface area contributed by atoms with Gasteiger partial charge in [0.25, 0.3) is 11.8 Å². The summed E-state index contributed by atoms with van der Waals surface area (Å²) >= 11 is 1.46. The number of amidine groups is 1. The molecule has 1 N–H and O–H groups in total. The number of quaternary nitrogens is 1. The highest BCUT2D eigenvalue weighted by atomic mass is 32.1. The van der Waals surface area contributed by atoms with E-state index in [1.165, 1.54) is 23.5 Å². The third-order valence-corrected chi connectivity index (χ3v) is 4.32. The van der Waals surface area contributed by atoms with E-state index in [2.05, 4.69) is 30.1 Å². The second kappa shape index (κ2) is 6.15. The molecule has 0 amide bonds.